The fraction of sp³-hybridized carbons (Fsp3) is 0.273. The number of ether oxygens (including phenoxy) is 1. The number of aromatic nitrogens is 3. The molecule has 0 saturated heterocycles. The van der Waals surface area contributed by atoms with E-state index >= 15 is 0 Å². The van der Waals surface area contributed by atoms with Crippen LogP contribution in [0.1, 0.15) is 17.5 Å². The summed E-state index contributed by atoms with van der Waals surface area (Å²) in [6.07, 6.45) is 0.385. The predicted molar refractivity (Wildman–Crippen MR) is 58.0 cm³/mol. The Morgan fingerprint density at radius 2 is 2.24 bits per heavy atom. The minimum atomic E-state index is -0.961. The van der Waals surface area contributed by atoms with E-state index in [0.717, 1.165) is 0 Å². The van der Waals surface area contributed by atoms with Gasteiger partial charge in [0, 0.05) is 7.05 Å². The molecular weight excluding hydrogens is 225 g/mol. The fourth-order valence-corrected chi connectivity index (χ4v) is 1.55. The van der Waals surface area contributed by atoms with Gasteiger partial charge in [0.25, 0.3) is 0 Å². The molecule has 0 aliphatic heterocycles. The van der Waals surface area contributed by atoms with Crippen molar-refractivity contribution < 1.29 is 14.2 Å². The SMILES string of the molecule is COc1cc(C(O)c2ncnn2C)ccc1F. The Hall–Kier alpha value is -1.95. The van der Waals surface area contributed by atoms with Gasteiger partial charge in [-0.25, -0.2) is 9.37 Å². The van der Waals surface area contributed by atoms with Crippen LogP contribution in [-0.4, -0.2) is 27.0 Å². The van der Waals surface area contributed by atoms with Crippen LogP contribution in [0.2, 0.25) is 0 Å². The normalized spacial score (nSPS) is 12.5. The molecule has 6 heteroatoms. The minimum Gasteiger partial charge on any atom is -0.494 e. The van der Waals surface area contributed by atoms with Crippen LogP contribution in [0, 0.1) is 5.82 Å². The number of rotatable bonds is 3. The smallest absolute Gasteiger partial charge is 0.165 e. The molecule has 0 bridgehead atoms. The van der Waals surface area contributed by atoms with Crippen molar-refractivity contribution in [2.45, 2.75) is 6.10 Å². The van der Waals surface area contributed by atoms with Gasteiger partial charge in [0.2, 0.25) is 0 Å². The van der Waals surface area contributed by atoms with Crippen molar-refractivity contribution in [3.05, 3.63) is 41.7 Å². The zero-order valence-corrected chi connectivity index (χ0v) is 9.46. The number of nitrogens with zero attached hydrogens (tertiary/aromatic N) is 3. The van der Waals surface area contributed by atoms with Crippen LogP contribution in [0.5, 0.6) is 5.75 Å². The number of hydrogen-bond donors (Lipinski definition) is 1. The van der Waals surface area contributed by atoms with E-state index in [-0.39, 0.29) is 5.75 Å². The third-order valence-electron chi connectivity index (χ3n) is 2.48. The van der Waals surface area contributed by atoms with Crippen molar-refractivity contribution in [3.8, 4) is 5.75 Å². The first-order valence-corrected chi connectivity index (χ1v) is 4.99. The van der Waals surface area contributed by atoms with E-state index in [1.807, 2.05) is 0 Å². The lowest BCUT2D eigenvalue weighted by Crippen LogP contribution is -2.08. The second-order valence-electron chi connectivity index (χ2n) is 3.54. The molecule has 0 radical (unpaired) electrons. The first kappa shape index (κ1) is 11.5. The van der Waals surface area contributed by atoms with Gasteiger partial charge in [-0.3, -0.25) is 4.68 Å². The monoisotopic (exact) mass is 237 g/mol. The van der Waals surface area contributed by atoms with Gasteiger partial charge in [0.1, 0.15) is 12.4 Å². The van der Waals surface area contributed by atoms with Gasteiger partial charge in [0.15, 0.2) is 17.4 Å². The summed E-state index contributed by atoms with van der Waals surface area (Å²) in [7, 11) is 3.04. The molecule has 0 spiro atoms. The van der Waals surface area contributed by atoms with E-state index in [9.17, 15) is 9.50 Å². The molecule has 0 aliphatic carbocycles. The third-order valence-corrected chi connectivity index (χ3v) is 2.48. The van der Waals surface area contributed by atoms with Gasteiger partial charge < -0.3 is 9.84 Å². The van der Waals surface area contributed by atoms with Crippen LogP contribution < -0.4 is 4.74 Å². The second-order valence-corrected chi connectivity index (χ2v) is 3.54. The zero-order chi connectivity index (χ0) is 12.4. The minimum absolute atomic E-state index is 0.0868. The zero-order valence-electron chi connectivity index (χ0n) is 9.46. The summed E-state index contributed by atoms with van der Waals surface area (Å²) in [6, 6.07) is 4.17. The highest BCUT2D eigenvalue weighted by atomic mass is 19.1. The lowest BCUT2D eigenvalue weighted by Gasteiger charge is -2.11. The molecule has 1 N–H and O–H groups in total. The maximum atomic E-state index is 13.2. The molecule has 0 aliphatic rings. The van der Waals surface area contributed by atoms with Crippen molar-refractivity contribution in [1.82, 2.24) is 14.8 Å². The summed E-state index contributed by atoms with van der Waals surface area (Å²) < 4.78 is 19.5. The number of halogens is 1. The van der Waals surface area contributed by atoms with E-state index in [4.69, 9.17) is 4.74 Å². The maximum Gasteiger partial charge on any atom is 0.165 e. The Morgan fingerprint density at radius 3 is 2.82 bits per heavy atom. The summed E-state index contributed by atoms with van der Waals surface area (Å²) in [5.41, 5.74) is 0.499. The first-order chi connectivity index (χ1) is 8.13. The third kappa shape index (κ3) is 2.12. The van der Waals surface area contributed by atoms with Crippen LogP contribution in [-0.2, 0) is 7.05 Å². The van der Waals surface area contributed by atoms with Crippen LogP contribution in [0.4, 0.5) is 4.39 Å². The molecule has 0 fully saturated rings. The van der Waals surface area contributed by atoms with Crippen LogP contribution >= 0.6 is 0 Å². The molecule has 1 heterocycles. The van der Waals surface area contributed by atoms with Gasteiger partial charge in [-0.2, -0.15) is 5.10 Å². The molecule has 17 heavy (non-hydrogen) atoms. The Kier molecular flexibility index (Phi) is 3.06. The van der Waals surface area contributed by atoms with Crippen LogP contribution in [0.25, 0.3) is 0 Å². The highest BCUT2D eigenvalue weighted by Crippen LogP contribution is 2.25. The molecule has 2 aromatic rings. The lowest BCUT2D eigenvalue weighted by molar-refractivity contribution is 0.204. The number of benzene rings is 1. The number of hydrogen-bond acceptors (Lipinski definition) is 4. The molecule has 0 amide bonds. The summed E-state index contributed by atoms with van der Waals surface area (Å²) in [4.78, 5) is 3.94. The topological polar surface area (TPSA) is 60.2 Å². The molecule has 0 saturated carbocycles. The summed E-state index contributed by atoms with van der Waals surface area (Å²) in [5.74, 6) is 0.00351. The average molecular weight is 237 g/mol. The number of methoxy groups -OCH3 is 1. The van der Waals surface area contributed by atoms with E-state index in [0.29, 0.717) is 11.4 Å². The van der Waals surface area contributed by atoms with Crippen molar-refractivity contribution in [2.24, 2.45) is 7.05 Å². The molecule has 1 aromatic carbocycles. The number of aliphatic hydroxyl groups is 1. The van der Waals surface area contributed by atoms with E-state index in [2.05, 4.69) is 10.1 Å². The number of aliphatic hydroxyl groups excluding tert-OH is 1. The lowest BCUT2D eigenvalue weighted by atomic mass is 10.1. The number of aryl methyl sites for hydroxylation is 1. The molecule has 1 aromatic heterocycles. The molecule has 1 atom stereocenters. The van der Waals surface area contributed by atoms with E-state index in [1.54, 1.807) is 7.05 Å². The summed E-state index contributed by atoms with van der Waals surface area (Å²) >= 11 is 0. The Labute approximate surface area is 97.5 Å². The van der Waals surface area contributed by atoms with Gasteiger partial charge in [0.05, 0.1) is 7.11 Å². The Bertz CT molecular complexity index is 527. The molecule has 2 rings (SSSR count). The molecular formula is C11H12FN3O2. The van der Waals surface area contributed by atoms with Crippen molar-refractivity contribution in [1.29, 1.82) is 0 Å². The van der Waals surface area contributed by atoms with E-state index < -0.39 is 11.9 Å². The van der Waals surface area contributed by atoms with Crippen LogP contribution in [0.15, 0.2) is 24.5 Å². The van der Waals surface area contributed by atoms with Crippen molar-refractivity contribution in [3.63, 3.8) is 0 Å². The summed E-state index contributed by atoms with van der Waals surface area (Å²) in [5, 5.41) is 13.9. The maximum absolute atomic E-state index is 13.2. The van der Waals surface area contributed by atoms with Gasteiger partial charge in [-0.15, -0.1) is 0 Å². The van der Waals surface area contributed by atoms with Gasteiger partial charge in [-0.1, -0.05) is 6.07 Å². The molecule has 1 unspecified atom stereocenters. The van der Waals surface area contributed by atoms with Crippen LogP contribution in [0.3, 0.4) is 0 Å². The second kappa shape index (κ2) is 4.50. The predicted octanol–water partition coefficient (Wildman–Crippen LogP) is 1.04. The quantitative estimate of drug-likeness (QED) is 0.866. The standard InChI is InChI=1S/C11H12FN3O2/c1-15-11(13-6-14-15)10(16)7-3-4-8(12)9(5-7)17-2/h3-6,10,16H,1-2H3. The van der Waals surface area contributed by atoms with Gasteiger partial charge in [-0.05, 0) is 17.7 Å². The van der Waals surface area contributed by atoms with E-state index in [1.165, 1.54) is 36.3 Å². The van der Waals surface area contributed by atoms with Gasteiger partial charge >= 0.3 is 0 Å². The average Bonchev–Trinajstić information content (AvgIpc) is 2.75. The Morgan fingerprint density at radius 1 is 1.47 bits per heavy atom. The molecule has 90 valence electrons. The Balaban J connectivity index is 2.38. The fourth-order valence-electron chi connectivity index (χ4n) is 1.55. The highest BCUT2D eigenvalue weighted by Gasteiger charge is 2.17. The van der Waals surface area contributed by atoms with Crippen molar-refractivity contribution >= 4 is 0 Å². The molecule has 5 nitrogen and oxygen atoms in total. The first-order valence-electron chi connectivity index (χ1n) is 4.99. The summed E-state index contributed by atoms with van der Waals surface area (Å²) in [6.45, 7) is 0. The van der Waals surface area contributed by atoms with Crippen molar-refractivity contribution in [2.75, 3.05) is 7.11 Å². The largest absolute Gasteiger partial charge is 0.494 e. The highest BCUT2D eigenvalue weighted by molar-refractivity contribution is 5.33.